The summed E-state index contributed by atoms with van der Waals surface area (Å²) >= 11 is 0. The van der Waals surface area contributed by atoms with Crippen LogP contribution in [-0.2, 0) is 4.79 Å². The first kappa shape index (κ1) is 17.9. The zero-order valence-electron chi connectivity index (χ0n) is 14.6. The summed E-state index contributed by atoms with van der Waals surface area (Å²) in [5, 5.41) is 0. The van der Waals surface area contributed by atoms with Gasteiger partial charge in [0.2, 0.25) is 0 Å². The van der Waals surface area contributed by atoms with Crippen molar-refractivity contribution in [3.63, 3.8) is 0 Å². The van der Waals surface area contributed by atoms with Crippen molar-refractivity contribution in [1.29, 1.82) is 0 Å². The average Bonchev–Trinajstić information content (AvgIpc) is 2.37. The van der Waals surface area contributed by atoms with E-state index in [0.29, 0.717) is 11.8 Å². The van der Waals surface area contributed by atoms with Crippen LogP contribution in [-0.4, -0.2) is 6.29 Å². The summed E-state index contributed by atoms with van der Waals surface area (Å²) in [7, 11) is 0. The molecule has 0 radical (unpaired) electrons. The Bertz CT molecular complexity index is 446. The van der Waals surface area contributed by atoms with Crippen molar-refractivity contribution in [1.82, 2.24) is 0 Å². The van der Waals surface area contributed by atoms with Crippen molar-refractivity contribution in [2.24, 2.45) is 5.41 Å². The van der Waals surface area contributed by atoms with Crippen LogP contribution in [0.2, 0.25) is 0 Å². The molecule has 0 saturated heterocycles. The molecule has 0 aliphatic heterocycles. The summed E-state index contributed by atoms with van der Waals surface area (Å²) in [6.45, 7) is 11.4. The fourth-order valence-corrected chi connectivity index (χ4v) is 3.33. The molecule has 0 N–H and O–H groups in total. The number of rotatable bonds is 7. The summed E-state index contributed by atoms with van der Waals surface area (Å²) in [6, 6.07) is 0. The van der Waals surface area contributed by atoms with Gasteiger partial charge in [0.1, 0.15) is 6.29 Å². The highest BCUT2D eigenvalue weighted by Gasteiger charge is 2.27. The van der Waals surface area contributed by atoms with E-state index in [0.717, 1.165) is 19.1 Å². The number of carbonyl (C=O) groups excluding carboxylic acids is 1. The lowest BCUT2D eigenvalue weighted by molar-refractivity contribution is -0.107. The van der Waals surface area contributed by atoms with Crippen LogP contribution in [0.4, 0.5) is 0 Å². The van der Waals surface area contributed by atoms with Crippen LogP contribution >= 0.6 is 0 Å². The molecule has 0 aromatic carbocycles. The first-order valence-corrected chi connectivity index (χ1v) is 8.31. The molecule has 0 unspecified atom stereocenters. The van der Waals surface area contributed by atoms with Crippen LogP contribution in [0.25, 0.3) is 0 Å². The molecular formula is C20H32O. The van der Waals surface area contributed by atoms with Crippen LogP contribution in [0.15, 0.2) is 34.4 Å². The van der Waals surface area contributed by atoms with E-state index in [1.54, 1.807) is 11.1 Å². The van der Waals surface area contributed by atoms with Gasteiger partial charge in [-0.3, -0.25) is 0 Å². The molecule has 0 aromatic heterocycles. The molecule has 0 fully saturated rings. The lowest BCUT2D eigenvalue weighted by atomic mass is 9.71. The second-order valence-corrected chi connectivity index (χ2v) is 7.20. The summed E-state index contributed by atoms with van der Waals surface area (Å²) in [5.41, 5.74) is 6.34. The number of aldehydes is 1. The minimum absolute atomic E-state index is 0.392. The first-order chi connectivity index (χ1) is 9.86. The Kier molecular flexibility index (Phi) is 7.14. The van der Waals surface area contributed by atoms with Crippen molar-refractivity contribution >= 4 is 6.29 Å². The maximum absolute atomic E-state index is 10.4. The van der Waals surface area contributed by atoms with Gasteiger partial charge in [-0.25, -0.2) is 0 Å². The zero-order chi connectivity index (χ0) is 15.9. The second kappa shape index (κ2) is 8.36. The van der Waals surface area contributed by atoms with E-state index in [2.05, 4.69) is 39.8 Å². The fraction of sp³-hybridized carbons (Fsp3) is 0.650. The lowest BCUT2D eigenvalue weighted by Gasteiger charge is -2.34. The number of allylic oxidation sites excluding steroid dienone is 6. The van der Waals surface area contributed by atoms with Gasteiger partial charge in [0, 0.05) is 6.42 Å². The molecule has 0 heterocycles. The monoisotopic (exact) mass is 288 g/mol. The standard InChI is InChI=1S/C20H32O/c1-16(8-6-9-17(2)13-15-21)11-12-19-18(3)10-7-14-20(19,4)5/h8-9,15H,6-7,10-14H2,1-5H3/b16-8+,17-9+. The maximum Gasteiger partial charge on any atom is 0.124 e. The molecule has 0 aromatic rings. The predicted octanol–water partition coefficient (Wildman–Crippen LogP) is 6.16. The molecule has 0 saturated carbocycles. The summed E-state index contributed by atoms with van der Waals surface area (Å²) < 4.78 is 0. The van der Waals surface area contributed by atoms with Gasteiger partial charge in [-0.05, 0) is 64.7 Å². The highest BCUT2D eigenvalue weighted by atomic mass is 16.1. The first-order valence-electron chi connectivity index (χ1n) is 8.31. The molecule has 1 heteroatoms. The summed E-state index contributed by atoms with van der Waals surface area (Å²) in [5.74, 6) is 0. The molecule has 118 valence electrons. The molecular weight excluding hydrogens is 256 g/mol. The highest BCUT2D eigenvalue weighted by molar-refractivity contribution is 5.53. The van der Waals surface area contributed by atoms with Gasteiger partial charge in [-0.1, -0.05) is 48.3 Å². The Labute approximate surface area is 131 Å². The van der Waals surface area contributed by atoms with Gasteiger partial charge in [-0.2, -0.15) is 0 Å². The molecule has 1 rings (SSSR count). The van der Waals surface area contributed by atoms with Gasteiger partial charge in [0.05, 0.1) is 0 Å². The van der Waals surface area contributed by atoms with Crippen LogP contribution in [0.1, 0.15) is 79.6 Å². The highest BCUT2D eigenvalue weighted by Crippen LogP contribution is 2.42. The molecule has 1 aliphatic carbocycles. The summed E-state index contributed by atoms with van der Waals surface area (Å²) in [4.78, 5) is 10.4. The van der Waals surface area contributed by atoms with E-state index < -0.39 is 0 Å². The lowest BCUT2D eigenvalue weighted by Crippen LogP contribution is -2.20. The van der Waals surface area contributed by atoms with Crippen LogP contribution in [0, 0.1) is 5.41 Å². The molecule has 21 heavy (non-hydrogen) atoms. The van der Waals surface area contributed by atoms with Crippen LogP contribution < -0.4 is 0 Å². The number of hydrogen-bond acceptors (Lipinski definition) is 1. The van der Waals surface area contributed by atoms with E-state index in [-0.39, 0.29) is 0 Å². The Morgan fingerprint density at radius 3 is 2.48 bits per heavy atom. The SMILES string of the molecule is CC1=C(CC/C(C)=C/C/C=C(\C)CC=O)C(C)(C)CCC1. The maximum atomic E-state index is 10.4. The van der Waals surface area contributed by atoms with E-state index >= 15 is 0 Å². The van der Waals surface area contributed by atoms with Gasteiger partial charge >= 0.3 is 0 Å². The van der Waals surface area contributed by atoms with Gasteiger partial charge in [0.15, 0.2) is 0 Å². The van der Waals surface area contributed by atoms with Crippen molar-refractivity contribution in [3.8, 4) is 0 Å². The topological polar surface area (TPSA) is 17.1 Å². The average molecular weight is 288 g/mol. The Balaban J connectivity index is 2.54. The summed E-state index contributed by atoms with van der Waals surface area (Å²) in [6.07, 6.45) is 13.3. The smallest absolute Gasteiger partial charge is 0.124 e. The molecule has 1 nitrogen and oxygen atoms in total. The quantitative estimate of drug-likeness (QED) is 0.404. The number of carbonyl (C=O) groups is 1. The zero-order valence-corrected chi connectivity index (χ0v) is 14.6. The van der Waals surface area contributed by atoms with Gasteiger partial charge < -0.3 is 4.79 Å². The Hall–Kier alpha value is -1.11. The molecule has 0 amide bonds. The molecule has 0 atom stereocenters. The predicted molar refractivity (Wildman–Crippen MR) is 92.4 cm³/mol. The minimum atomic E-state index is 0.392. The molecule has 1 aliphatic rings. The second-order valence-electron chi connectivity index (χ2n) is 7.20. The van der Waals surface area contributed by atoms with Crippen molar-refractivity contribution in [2.45, 2.75) is 79.6 Å². The van der Waals surface area contributed by atoms with Gasteiger partial charge in [0.25, 0.3) is 0 Å². The van der Waals surface area contributed by atoms with Crippen molar-refractivity contribution < 1.29 is 4.79 Å². The van der Waals surface area contributed by atoms with Crippen molar-refractivity contribution in [3.05, 3.63) is 34.4 Å². The minimum Gasteiger partial charge on any atom is -0.303 e. The largest absolute Gasteiger partial charge is 0.303 e. The number of hydrogen-bond donors (Lipinski definition) is 0. The van der Waals surface area contributed by atoms with Crippen LogP contribution in [0.5, 0.6) is 0 Å². The third-order valence-corrected chi connectivity index (χ3v) is 4.79. The van der Waals surface area contributed by atoms with Gasteiger partial charge in [-0.15, -0.1) is 0 Å². The normalized spacial score (nSPS) is 19.9. The Morgan fingerprint density at radius 1 is 1.19 bits per heavy atom. The third kappa shape index (κ3) is 6.03. The van der Waals surface area contributed by atoms with E-state index in [1.807, 2.05) is 6.92 Å². The van der Waals surface area contributed by atoms with E-state index in [1.165, 1.54) is 36.8 Å². The molecule has 0 bridgehead atoms. The van der Waals surface area contributed by atoms with Crippen LogP contribution in [0.3, 0.4) is 0 Å². The van der Waals surface area contributed by atoms with E-state index in [9.17, 15) is 4.79 Å². The Morgan fingerprint density at radius 2 is 1.86 bits per heavy atom. The third-order valence-electron chi connectivity index (χ3n) is 4.79. The van der Waals surface area contributed by atoms with E-state index in [4.69, 9.17) is 0 Å². The molecule has 0 spiro atoms. The fourth-order valence-electron chi connectivity index (χ4n) is 3.33. The van der Waals surface area contributed by atoms with Crippen molar-refractivity contribution in [2.75, 3.05) is 0 Å².